The largest absolute Gasteiger partial charge is 0.396 e. The third-order valence-corrected chi connectivity index (χ3v) is 2.88. The first-order valence-corrected chi connectivity index (χ1v) is 6.33. The van der Waals surface area contributed by atoms with Crippen LogP contribution in [0.3, 0.4) is 0 Å². The van der Waals surface area contributed by atoms with Crippen LogP contribution in [0.25, 0.3) is 5.69 Å². The molecule has 0 spiro atoms. The van der Waals surface area contributed by atoms with E-state index < -0.39 is 5.82 Å². The van der Waals surface area contributed by atoms with Gasteiger partial charge < -0.3 is 10.4 Å². The van der Waals surface area contributed by atoms with Crippen molar-refractivity contribution >= 4 is 5.91 Å². The molecule has 2 N–H and O–H groups in total. The molecule has 5 nitrogen and oxygen atoms in total. The van der Waals surface area contributed by atoms with Crippen LogP contribution < -0.4 is 5.32 Å². The minimum Gasteiger partial charge on any atom is -0.396 e. The second-order valence-electron chi connectivity index (χ2n) is 4.51. The summed E-state index contributed by atoms with van der Waals surface area (Å²) in [4.78, 5) is 11.9. The zero-order valence-corrected chi connectivity index (χ0v) is 11.1. The predicted octanol–water partition coefficient (Wildman–Crippen LogP) is 1.51. The SMILES string of the molecule is C[C@H](CCO)NC(=O)c1cnn(-c2ccccc2F)c1. The molecule has 0 radical (unpaired) electrons. The number of carbonyl (C=O) groups excluding carboxylic acids is 1. The molecule has 1 aromatic carbocycles. The number of aliphatic hydroxyl groups is 1. The highest BCUT2D eigenvalue weighted by atomic mass is 19.1. The first-order chi connectivity index (χ1) is 9.61. The summed E-state index contributed by atoms with van der Waals surface area (Å²) < 4.78 is 14.9. The fourth-order valence-corrected chi connectivity index (χ4v) is 1.78. The van der Waals surface area contributed by atoms with Crippen LogP contribution in [0.5, 0.6) is 0 Å². The number of rotatable bonds is 5. The number of carbonyl (C=O) groups is 1. The monoisotopic (exact) mass is 277 g/mol. The molecule has 0 aliphatic carbocycles. The predicted molar refractivity (Wildman–Crippen MR) is 72.2 cm³/mol. The summed E-state index contributed by atoms with van der Waals surface area (Å²) in [5, 5.41) is 15.5. The summed E-state index contributed by atoms with van der Waals surface area (Å²) in [5.74, 6) is -0.704. The number of para-hydroxylation sites is 1. The third kappa shape index (κ3) is 3.21. The fourth-order valence-electron chi connectivity index (χ4n) is 1.78. The molecular weight excluding hydrogens is 261 g/mol. The van der Waals surface area contributed by atoms with Crippen molar-refractivity contribution in [3.05, 3.63) is 48.0 Å². The van der Waals surface area contributed by atoms with Gasteiger partial charge in [-0.3, -0.25) is 4.79 Å². The lowest BCUT2D eigenvalue weighted by molar-refractivity contribution is 0.0934. The quantitative estimate of drug-likeness (QED) is 0.870. The third-order valence-electron chi connectivity index (χ3n) is 2.88. The lowest BCUT2D eigenvalue weighted by Gasteiger charge is -2.10. The molecule has 6 heteroatoms. The molecule has 0 saturated heterocycles. The van der Waals surface area contributed by atoms with Gasteiger partial charge in [-0.1, -0.05) is 12.1 Å². The van der Waals surface area contributed by atoms with E-state index in [-0.39, 0.29) is 24.2 Å². The van der Waals surface area contributed by atoms with Gasteiger partial charge in [0.15, 0.2) is 0 Å². The van der Waals surface area contributed by atoms with Crippen LogP contribution >= 0.6 is 0 Å². The van der Waals surface area contributed by atoms with Gasteiger partial charge in [0, 0.05) is 18.8 Å². The van der Waals surface area contributed by atoms with Gasteiger partial charge in [0.1, 0.15) is 11.5 Å². The van der Waals surface area contributed by atoms with Gasteiger partial charge in [0.05, 0.1) is 11.8 Å². The van der Waals surface area contributed by atoms with Gasteiger partial charge >= 0.3 is 0 Å². The Bertz CT molecular complexity index is 598. The Morgan fingerprint density at radius 1 is 1.50 bits per heavy atom. The Hall–Kier alpha value is -2.21. The minimum absolute atomic E-state index is 0.00986. The van der Waals surface area contributed by atoms with Crippen LogP contribution in [-0.2, 0) is 0 Å². The van der Waals surface area contributed by atoms with Crippen molar-refractivity contribution in [2.75, 3.05) is 6.61 Å². The summed E-state index contributed by atoms with van der Waals surface area (Å²) >= 11 is 0. The number of aliphatic hydroxyl groups excluding tert-OH is 1. The number of nitrogens with zero attached hydrogens (tertiary/aromatic N) is 2. The number of benzene rings is 1. The number of amides is 1. The molecule has 2 rings (SSSR count). The average molecular weight is 277 g/mol. The lowest BCUT2D eigenvalue weighted by Crippen LogP contribution is -2.32. The number of nitrogens with one attached hydrogen (secondary N) is 1. The molecule has 1 amide bonds. The van der Waals surface area contributed by atoms with Crippen LogP contribution in [0.15, 0.2) is 36.7 Å². The molecule has 0 fully saturated rings. The van der Waals surface area contributed by atoms with Crippen LogP contribution in [-0.4, -0.2) is 33.4 Å². The molecule has 0 aliphatic rings. The topological polar surface area (TPSA) is 67.2 Å². The number of hydrogen-bond donors (Lipinski definition) is 2. The van der Waals surface area contributed by atoms with Crippen LogP contribution in [0, 0.1) is 5.82 Å². The molecule has 1 aromatic heterocycles. The number of hydrogen-bond acceptors (Lipinski definition) is 3. The molecule has 0 aliphatic heterocycles. The van der Waals surface area contributed by atoms with Crippen LogP contribution in [0.4, 0.5) is 4.39 Å². The summed E-state index contributed by atoms with van der Waals surface area (Å²) in [5.41, 5.74) is 0.632. The van der Waals surface area contributed by atoms with E-state index in [1.165, 1.54) is 23.1 Å². The van der Waals surface area contributed by atoms with E-state index in [9.17, 15) is 9.18 Å². The maximum atomic E-state index is 13.6. The fraction of sp³-hybridized carbons (Fsp3) is 0.286. The Morgan fingerprint density at radius 3 is 2.95 bits per heavy atom. The van der Waals surface area contributed by atoms with Gasteiger partial charge in [-0.05, 0) is 25.5 Å². The zero-order valence-electron chi connectivity index (χ0n) is 11.1. The van der Waals surface area contributed by atoms with E-state index in [0.29, 0.717) is 12.0 Å². The average Bonchev–Trinajstić information content (AvgIpc) is 2.89. The van der Waals surface area contributed by atoms with Crippen LogP contribution in [0.1, 0.15) is 23.7 Å². The summed E-state index contributed by atoms with van der Waals surface area (Å²) in [7, 11) is 0. The van der Waals surface area contributed by atoms with E-state index in [1.54, 1.807) is 25.1 Å². The first kappa shape index (κ1) is 14.2. The Labute approximate surface area is 116 Å². The zero-order chi connectivity index (χ0) is 14.5. The Balaban J connectivity index is 2.13. The molecule has 0 saturated carbocycles. The highest BCUT2D eigenvalue weighted by molar-refractivity contribution is 5.93. The maximum Gasteiger partial charge on any atom is 0.254 e. The van der Waals surface area contributed by atoms with Crippen LogP contribution in [0.2, 0.25) is 0 Å². The van der Waals surface area contributed by atoms with Crippen molar-refractivity contribution in [2.45, 2.75) is 19.4 Å². The van der Waals surface area contributed by atoms with Crippen molar-refractivity contribution in [1.29, 1.82) is 0 Å². The summed E-state index contributed by atoms with van der Waals surface area (Å²) in [6.45, 7) is 1.81. The van der Waals surface area contributed by atoms with Gasteiger partial charge in [-0.15, -0.1) is 0 Å². The Morgan fingerprint density at radius 2 is 2.25 bits per heavy atom. The molecule has 0 unspecified atom stereocenters. The molecule has 106 valence electrons. The summed E-state index contributed by atoms with van der Waals surface area (Å²) in [6, 6.07) is 6.07. The number of aromatic nitrogens is 2. The molecule has 1 atom stereocenters. The van der Waals surface area contributed by atoms with Crippen molar-refractivity contribution in [3.63, 3.8) is 0 Å². The molecular formula is C14H16FN3O2. The second-order valence-corrected chi connectivity index (χ2v) is 4.51. The van der Waals surface area contributed by atoms with E-state index in [1.807, 2.05) is 0 Å². The van der Waals surface area contributed by atoms with E-state index in [2.05, 4.69) is 10.4 Å². The van der Waals surface area contributed by atoms with Gasteiger partial charge in [-0.25, -0.2) is 9.07 Å². The normalized spacial score (nSPS) is 12.2. The van der Waals surface area contributed by atoms with Gasteiger partial charge in [0.2, 0.25) is 0 Å². The maximum absolute atomic E-state index is 13.6. The van der Waals surface area contributed by atoms with Crippen molar-refractivity contribution in [2.24, 2.45) is 0 Å². The van der Waals surface area contributed by atoms with E-state index in [0.717, 1.165) is 0 Å². The number of halogens is 1. The van der Waals surface area contributed by atoms with Gasteiger partial charge in [-0.2, -0.15) is 5.10 Å². The molecule has 20 heavy (non-hydrogen) atoms. The second kappa shape index (κ2) is 6.29. The van der Waals surface area contributed by atoms with Crippen molar-refractivity contribution in [3.8, 4) is 5.69 Å². The molecule has 1 heterocycles. The lowest BCUT2D eigenvalue weighted by atomic mass is 10.2. The molecule has 0 bridgehead atoms. The first-order valence-electron chi connectivity index (χ1n) is 6.33. The minimum atomic E-state index is -0.406. The smallest absolute Gasteiger partial charge is 0.254 e. The highest BCUT2D eigenvalue weighted by Crippen LogP contribution is 2.12. The highest BCUT2D eigenvalue weighted by Gasteiger charge is 2.13. The standard InChI is InChI=1S/C14H16FN3O2/c1-10(6-7-19)17-14(20)11-8-16-18(9-11)13-5-3-2-4-12(13)15/h2-5,8-10,19H,6-7H2,1H3,(H,17,20)/t10-/m1/s1. The Kier molecular flexibility index (Phi) is 4.47. The summed E-state index contributed by atoms with van der Waals surface area (Å²) in [6.07, 6.45) is 3.33. The van der Waals surface area contributed by atoms with E-state index >= 15 is 0 Å². The van der Waals surface area contributed by atoms with Crippen molar-refractivity contribution in [1.82, 2.24) is 15.1 Å². The molecule has 2 aromatic rings. The van der Waals surface area contributed by atoms with E-state index in [4.69, 9.17) is 5.11 Å². The van der Waals surface area contributed by atoms with Gasteiger partial charge in [0.25, 0.3) is 5.91 Å². The van der Waals surface area contributed by atoms with Crippen molar-refractivity contribution < 1.29 is 14.3 Å².